The fourth-order valence-electron chi connectivity index (χ4n) is 2.58. The zero-order chi connectivity index (χ0) is 16.4. The maximum absolute atomic E-state index is 12.2. The average Bonchev–Trinajstić information content (AvgIpc) is 2.65. The molecule has 24 heavy (non-hydrogen) atoms. The highest BCUT2D eigenvalue weighted by molar-refractivity contribution is 5.91. The molecule has 0 aliphatic rings. The van der Waals surface area contributed by atoms with E-state index in [-0.39, 0.29) is 6.61 Å². The van der Waals surface area contributed by atoms with Crippen LogP contribution >= 0.6 is 0 Å². The van der Waals surface area contributed by atoms with Gasteiger partial charge in [0, 0.05) is 10.8 Å². The van der Waals surface area contributed by atoms with Gasteiger partial charge in [0.05, 0.1) is 16.7 Å². The summed E-state index contributed by atoms with van der Waals surface area (Å²) in [5.74, 6) is -0.448. The second-order valence-electron chi connectivity index (χ2n) is 5.46. The van der Waals surface area contributed by atoms with Crippen LogP contribution in [0.5, 0.6) is 0 Å². The van der Waals surface area contributed by atoms with Gasteiger partial charge < -0.3 is 4.74 Å². The van der Waals surface area contributed by atoms with Gasteiger partial charge in [0.15, 0.2) is 0 Å². The maximum atomic E-state index is 12.2. The third-order valence-electron chi connectivity index (χ3n) is 3.81. The molecule has 0 unspecified atom stereocenters. The molecule has 0 N–H and O–H groups in total. The van der Waals surface area contributed by atoms with Gasteiger partial charge in [-0.25, -0.2) is 14.8 Å². The van der Waals surface area contributed by atoms with Crippen LogP contribution in [-0.4, -0.2) is 15.9 Å². The van der Waals surface area contributed by atoms with E-state index in [1.807, 2.05) is 66.7 Å². The fraction of sp³-hybridized carbons (Fsp3) is 0.0500. The summed E-state index contributed by atoms with van der Waals surface area (Å²) in [7, 11) is 0. The first-order valence-corrected chi connectivity index (χ1v) is 7.67. The van der Waals surface area contributed by atoms with Crippen LogP contribution in [0, 0.1) is 0 Å². The Morgan fingerprint density at radius 1 is 0.750 bits per heavy atom. The fourth-order valence-corrected chi connectivity index (χ4v) is 2.58. The predicted molar refractivity (Wildman–Crippen MR) is 92.6 cm³/mol. The van der Waals surface area contributed by atoms with E-state index >= 15 is 0 Å². The van der Waals surface area contributed by atoms with Gasteiger partial charge in [-0.1, -0.05) is 48.5 Å². The summed E-state index contributed by atoms with van der Waals surface area (Å²) in [5.41, 5.74) is 2.67. The van der Waals surface area contributed by atoms with Crippen molar-refractivity contribution in [2.24, 2.45) is 0 Å². The van der Waals surface area contributed by atoms with Crippen molar-refractivity contribution < 1.29 is 9.53 Å². The predicted octanol–water partition coefficient (Wildman–Crippen LogP) is 4.14. The monoisotopic (exact) mass is 314 g/mol. The minimum atomic E-state index is -0.448. The number of aromatic nitrogens is 2. The highest BCUT2D eigenvalue weighted by atomic mass is 16.5. The third-order valence-corrected chi connectivity index (χ3v) is 3.81. The molecule has 0 atom stereocenters. The minimum Gasteiger partial charge on any atom is -0.454 e. The number of carbonyl (C=O) groups excluding carboxylic acids is 1. The van der Waals surface area contributed by atoms with Crippen LogP contribution in [0.4, 0.5) is 0 Å². The molecule has 4 aromatic rings. The lowest BCUT2D eigenvalue weighted by atomic mass is 10.2. The Kier molecular flexibility index (Phi) is 3.63. The molecule has 0 aliphatic heterocycles. The number of nitrogens with zero attached hydrogens (tertiary/aromatic N) is 2. The Morgan fingerprint density at radius 3 is 2.12 bits per heavy atom. The van der Waals surface area contributed by atoms with Crippen LogP contribution in [0.15, 0.2) is 72.8 Å². The van der Waals surface area contributed by atoms with Gasteiger partial charge in [0.2, 0.25) is 0 Å². The molecule has 0 spiro atoms. The van der Waals surface area contributed by atoms with E-state index in [9.17, 15) is 4.79 Å². The molecule has 4 rings (SSSR count). The van der Waals surface area contributed by atoms with Gasteiger partial charge in [-0.05, 0) is 24.3 Å². The molecule has 0 saturated carbocycles. The first-order valence-electron chi connectivity index (χ1n) is 7.67. The van der Waals surface area contributed by atoms with E-state index in [1.165, 1.54) is 0 Å². The molecule has 4 heteroatoms. The van der Waals surface area contributed by atoms with Crippen molar-refractivity contribution in [1.29, 1.82) is 0 Å². The molecule has 0 amide bonds. The topological polar surface area (TPSA) is 52.1 Å². The summed E-state index contributed by atoms with van der Waals surface area (Å²) in [6.07, 6.45) is 0. The minimum absolute atomic E-state index is 0.123. The van der Waals surface area contributed by atoms with Gasteiger partial charge in [-0.2, -0.15) is 0 Å². The number of carbonyl (C=O) groups is 1. The number of ether oxygens (including phenoxy) is 1. The highest BCUT2D eigenvalue weighted by Crippen LogP contribution is 2.14. The molecule has 4 nitrogen and oxygen atoms in total. The first kappa shape index (κ1) is 14.3. The molecule has 0 fully saturated rings. The summed E-state index contributed by atoms with van der Waals surface area (Å²) in [6.45, 7) is 0.123. The van der Waals surface area contributed by atoms with Crippen LogP contribution in [0.1, 0.15) is 16.2 Å². The van der Waals surface area contributed by atoms with E-state index in [0.29, 0.717) is 11.4 Å². The molecular weight excluding hydrogens is 300 g/mol. The van der Waals surface area contributed by atoms with Crippen LogP contribution < -0.4 is 0 Å². The Labute approximate surface area is 138 Å². The van der Waals surface area contributed by atoms with Crippen molar-refractivity contribution in [3.8, 4) is 0 Å². The maximum Gasteiger partial charge on any atom is 0.357 e. The SMILES string of the molecule is O=C(OCc1ccc2ccccc2n1)c1ccc2ccccc2n1. The van der Waals surface area contributed by atoms with Crippen molar-refractivity contribution in [1.82, 2.24) is 9.97 Å². The number of rotatable bonds is 3. The smallest absolute Gasteiger partial charge is 0.357 e. The molecule has 2 aromatic heterocycles. The van der Waals surface area contributed by atoms with Gasteiger partial charge in [-0.3, -0.25) is 0 Å². The number of pyridine rings is 2. The summed E-state index contributed by atoms with van der Waals surface area (Å²) in [6, 6.07) is 22.9. The second kappa shape index (κ2) is 6.08. The average molecular weight is 314 g/mol. The second-order valence-corrected chi connectivity index (χ2v) is 5.46. The standard InChI is InChI=1S/C20H14N2O2/c23-20(19-12-10-15-6-2-4-8-18(15)22-19)24-13-16-11-9-14-5-1-3-7-17(14)21-16/h1-12H,13H2. The quantitative estimate of drug-likeness (QED) is 0.533. The molecule has 0 bridgehead atoms. The Morgan fingerprint density at radius 2 is 1.38 bits per heavy atom. The normalized spacial score (nSPS) is 10.8. The van der Waals surface area contributed by atoms with Gasteiger partial charge >= 0.3 is 5.97 Å². The number of hydrogen-bond acceptors (Lipinski definition) is 4. The van der Waals surface area contributed by atoms with Crippen LogP contribution in [0.3, 0.4) is 0 Å². The van der Waals surface area contributed by atoms with E-state index in [4.69, 9.17) is 4.74 Å². The van der Waals surface area contributed by atoms with E-state index < -0.39 is 5.97 Å². The van der Waals surface area contributed by atoms with E-state index in [1.54, 1.807) is 6.07 Å². The molecule has 0 aliphatic carbocycles. The number of esters is 1. The first-order chi connectivity index (χ1) is 11.8. The number of hydrogen-bond donors (Lipinski definition) is 0. The highest BCUT2D eigenvalue weighted by Gasteiger charge is 2.10. The van der Waals surface area contributed by atoms with Gasteiger partial charge in [0.1, 0.15) is 12.3 Å². The zero-order valence-corrected chi connectivity index (χ0v) is 12.8. The Hall–Kier alpha value is -3.27. The molecule has 116 valence electrons. The molecule has 0 radical (unpaired) electrons. The van der Waals surface area contributed by atoms with Crippen LogP contribution in [0.2, 0.25) is 0 Å². The largest absolute Gasteiger partial charge is 0.454 e. The molecule has 2 aromatic carbocycles. The zero-order valence-electron chi connectivity index (χ0n) is 12.8. The van der Waals surface area contributed by atoms with Crippen LogP contribution in [0.25, 0.3) is 21.8 Å². The van der Waals surface area contributed by atoms with E-state index in [2.05, 4.69) is 9.97 Å². The summed E-state index contributed by atoms with van der Waals surface area (Å²) >= 11 is 0. The van der Waals surface area contributed by atoms with Crippen molar-refractivity contribution in [2.75, 3.05) is 0 Å². The number of benzene rings is 2. The lowest BCUT2D eigenvalue weighted by molar-refractivity contribution is 0.0461. The van der Waals surface area contributed by atoms with Crippen LogP contribution in [-0.2, 0) is 11.3 Å². The van der Waals surface area contributed by atoms with Crippen molar-refractivity contribution >= 4 is 27.8 Å². The Balaban J connectivity index is 1.52. The van der Waals surface area contributed by atoms with Gasteiger partial charge in [0.25, 0.3) is 0 Å². The van der Waals surface area contributed by atoms with Crippen molar-refractivity contribution in [3.05, 3.63) is 84.2 Å². The molecule has 2 heterocycles. The van der Waals surface area contributed by atoms with Gasteiger partial charge in [-0.15, -0.1) is 0 Å². The molecular formula is C20H14N2O2. The van der Waals surface area contributed by atoms with Crippen molar-refractivity contribution in [3.63, 3.8) is 0 Å². The summed E-state index contributed by atoms with van der Waals surface area (Å²) < 4.78 is 5.35. The van der Waals surface area contributed by atoms with Crippen molar-refractivity contribution in [2.45, 2.75) is 6.61 Å². The number of fused-ring (bicyclic) bond motifs is 2. The molecule has 0 saturated heterocycles. The van der Waals surface area contributed by atoms with E-state index in [0.717, 1.165) is 21.8 Å². The summed E-state index contributed by atoms with van der Waals surface area (Å²) in [5, 5.41) is 2.05. The third kappa shape index (κ3) is 2.82. The number of para-hydroxylation sites is 2. The lowest BCUT2D eigenvalue weighted by Crippen LogP contribution is -2.08. The summed E-state index contributed by atoms with van der Waals surface area (Å²) in [4.78, 5) is 21.0. The Bertz CT molecular complexity index is 1040. The lowest BCUT2D eigenvalue weighted by Gasteiger charge is -2.06.